The molecule has 1 aromatic rings. The van der Waals surface area contributed by atoms with E-state index in [9.17, 15) is 4.79 Å². The maximum atomic E-state index is 11.9. The highest BCUT2D eigenvalue weighted by molar-refractivity contribution is 5.81. The van der Waals surface area contributed by atoms with E-state index < -0.39 is 0 Å². The number of unbranched alkanes of at least 4 members (excludes halogenated alkanes) is 1. The van der Waals surface area contributed by atoms with E-state index in [-0.39, 0.29) is 5.91 Å². The Kier molecular flexibility index (Phi) is 7.73. The van der Waals surface area contributed by atoms with Crippen LogP contribution in [0.5, 0.6) is 0 Å². The molecule has 20 heavy (non-hydrogen) atoms. The lowest BCUT2D eigenvalue weighted by atomic mass is 10.2. The smallest absolute Gasteiger partial charge is 0.239 e. The fraction of sp³-hybridized carbons (Fsp3) is 0.562. The molecule has 0 spiro atoms. The number of amides is 1. The van der Waals surface area contributed by atoms with Gasteiger partial charge in [-0.1, -0.05) is 32.4 Å². The molecule has 4 heteroatoms. The van der Waals surface area contributed by atoms with E-state index in [2.05, 4.69) is 24.1 Å². The van der Waals surface area contributed by atoms with Gasteiger partial charge in [-0.2, -0.15) is 0 Å². The van der Waals surface area contributed by atoms with Gasteiger partial charge in [0.25, 0.3) is 0 Å². The Hall–Kier alpha value is -1.55. The number of hydrogen-bond donors (Lipinski definition) is 2. The van der Waals surface area contributed by atoms with E-state index in [0.717, 1.165) is 43.6 Å². The van der Waals surface area contributed by atoms with Crippen molar-refractivity contribution in [3.8, 4) is 0 Å². The second kappa shape index (κ2) is 9.37. The third-order valence-electron chi connectivity index (χ3n) is 3.22. The Morgan fingerprint density at radius 1 is 1.20 bits per heavy atom. The van der Waals surface area contributed by atoms with Gasteiger partial charge >= 0.3 is 0 Å². The molecule has 1 rings (SSSR count). The third-order valence-corrected chi connectivity index (χ3v) is 3.22. The second-order valence-electron chi connectivity index (χ2n) is 5.00. The lowest BCUT2D eigenvalue weighted by Gasteiger charge is -2.24. The monoisotopic (exact) mass is 277 g/mol. The van der Waals surface area contributed by atoms with Gasteiger partial charge in [0.2, 0.25) is 5.91 Å². The van der Waals surface area contributed by atoms with Crippen molar-refractivity contribution in [2.75, 3.05) is 24.5 Å². The predicted molar refractivity (Wildman–Crippen MR) is 84.8 cm³/mol. The van der Waals surface area contributed by atoms with E-state index in [1.165, 1.54) is 0 Å². The summed E-state index contributed by atoms with van der Waals surface area (Å²) in [5, 5.41) is 2.96. The Balaban J connectivity index is 2.60. The average molecular weight is 277 g/mol. The van der Waals surface area contributed by atoms with Crippen LogP contribution in [0.3, 0.4) is 0 Å². The normalized spacial score (nSPS) is 10.3. The minimum absolute atomic E-state index is 0.0924. The molecule has 4 nitrogen and oxygen atoms in total. The van der Waals surface area contributed by atoms with Crippen LogP contribution in [-0.2, 0) is 11.3 Å². The van der Waals surface area contributed by atoms with Crippen molar-refractivity contribution in [2.24, 2.45) is 5.73 Å². The first-order valence-electron chi connectivity index (χ1n) is 7.51. The number of rotatable bonds is 9. The van der Waals surface area contributed by atoms with Crippen molar-refractivity contribution in [3.63, 3.8) is 0 Å². The van der Waals surface area contributed by atoms with E-state index in [1.54, 1.807) is 0 Å². The van der Waals surface area contributed by atoms with Gasteiger partial charge in [-0.25, -0.2) is 0 Å². The number of anilines is 1. The second-order valence-corrected chi connectivity index (χ2v) is 5.00. The van der Waals surface area contributed by atoms with Gasteiger partial charge in [-0.05, 0) is 30.5 Å². The van der Waals surface area contributed by atoms with Gasteiger partial charge in [-0.15, -0.1) is 0 Å². The minimum atomic E-state index is 0.0924. The first-order valence-corrected chi connectivity index (χ1v) is 7.51. The van der Waals surface area contributed by atoms with E-state index in [0.29, 0.717) is 13.1 Å². The van der Waals surface area contributed by atoms with E-state index in [4.69, 9.17) is 5.73 Å². The topological polar surface area (TPSA) is 58.4 Å². The van der Waals surface area contributed by atoms with Gasteiger partial charge in [0.15, 0.2) is 0 Å². The van der Waals surface area contributed by atoms with Gasteiger partial charge < -0.3 is 16.0 Å². The maximum absolute atomic E-state index is 11.9. The molecule has 1 amide bonds. The van der Waals surface area contributed by atoms with Crippen LogP contribution in [0, 0.1) is 0 Å². The van der Waals surface area contributed by atoms with Gasteiger partial charge in [0, 0.05) is 25.3 Å². The average Bonchev–Trinajstić information content (AvgIpc) is 2.47. The van der Waals surface area contributed by atoms with Crippen molar-refractivity contribution < 1.29 is 4.79 Å². The molecule has 0 fully saturated rings. The maximum Gasteiger partial charge on any atom is 0.239 e. The molecule has 0 radical (unpaired) electrons. The molecular formula is C16H27N3O. The summed E-state index contributed by atoms with van der Waals surface area (Å²) < 4.78 is 0. The zero-order chi connectivity index (χ0) is 14.8. The van der Waals surface area contributed by atoms with E-state index in [1.807, 2.05) is 24.3 Å². The van der Waals surface area contributed by atoms with Crippen LogP contribution >= 0.6 is 0 Å². The van der Waals surface area contributed by atoms with Crippen LogP contribution in [0.4, 0.5) is 5.69 Å². The standard InChI is InChI=1S/C16H27N3O/c1-3-5-10-18-16(20)13-19(11-4-2)15-8-6-14(12-17)7-9-15/h6-9H,3-5,10-13,17H2,1-2H3,(H,18,20). The Morgan fingerprint density at radius 2 is 1.90 bits per heavy atom. The number of nitrogens with two attached hydrogens (primary N) is 1. The Morgan fingerprint density at radius 3 is 2.45 bits per heavy atom. The van der Waals surface area contributed by atoms with Crippen molar-refractivity contribution in [3.05, 3.63) is 29.8 Å². The van der Waals surface area contributed by atoms with Crippen LogP contribution in [0.15, 0.2) is 24.3 Å². The van der Waals surface area contributed by atoms with Crippen molar-refractivity contribution >= 4 is 11.6 Å². The predicted octanol–water partition coefficient (Wildman–Crippen LogP) is 2.28. The zero-order valence-electron chi connectivity index (χ0n) is 12.7. The summed E-state index contributed by atoms with van der Waals surface area (Å²) in [4.78, 5) is 14.0. The molecule has 0 atom stereocenters. The molecule has 0 aromatic heterocycles. The zero-order valence-corrected chi connectivity index (χ0v) is 12.7. The first kappa shape index (κ1) is 16.5. The Labute approximate surface area is 122 Å². The van der Waals surface area contributed by atoms with E-state index >= 15 is 0 Å². The number of benzene rings is 1. The van der Waals surface area contributed by atoms with Crippen LogP contribution in [0.1, 0.15) is 38.7 Å². The number of carbonyl (C=O) groups excluding carboxylic acids is 1. The molecule has 0 saturated heterocycles. The summed E-state index contributed by atoms with van der Waals surface area (Å²) in [7, 11) is 0. The summed E-state index contributed by atoms with van der Waals surface area (Å²) in [6.45, 7) is 6.85. The number of carbonyl (C=O) groups is 1. The number of nitrogens with zero attached hydrogens (tertiary/aromatic N) is 1. The molecule has 1 aromatic carbocycles. The van der Waals surface area contributed by atoms with Gasteiger partial charge in [0.1, 0.15) is 0 Å². The largest absolute Gasteiger partial charge is 0.362 e. The molecule has 0 aliphatic rings. The van der Waals surface area contributed by atoms with Crippen LogP contribution in [-0.4, -0.2) is 25.5 Å². The number of hydrogen-bond acceptors (Lipinski definition) is 3. The summed E-state index contributed by atoms with van der Waals surface area (Å²) in [6, 6.07) is 8.12. The highest BCUT2D eigenvalue weighted by Crippen LogP contribution is 2.15. The fourth-order valence-electron chi connectivity index (χ4n) is 2.05. The lowest BCUT2D eigenvalue weighted by Crippen LogP contribution is -2.38. The fourth-order valence-corrected chi connectivity index (χ4v) is 2.05. The first-order chi connectivity index (χ1) is 9.71. The highest BCUT2D eigenvalue weighted by atomic mass is 16.2. The molecular weight excluding hydrogens is 250 g/mol. The quantitative estimate of drug-likeness (QED) is 0.681. The summed E-state index contributed by atoms with van der Waals surface area (Å²) in [5.74, 6) is 0.0924. The van der Waals surface area contributed by atoms with Gasteiger partial charge in [0.05, 0.1) is 6.54 Å². The summed E-state index contributed by atoms with van der Waals surface area (Å²) in [6.07, 6.45) is 3.14. The van der Waals surface area contributed by atoms with Crippen molar-refractivity contribution in [1.29, 1.82) is 0 Å². The molecule has 0 saturated carbocycles. The Bertz CT molecular complexity index is 389. The van der Waals surface area contributed by atoms with Crippen LogP contribution in [0.2, 0.25) is 0 Å². The molecule has 0 aliphatic heterocycles. The molecule has 0 heterocycles. The highest BCUT2D eigenvalue weighted by Gasteiger charge is 2.10. The molecule has 0 bridgehead atoms. The lowest BCUT2D eigenvalue weighted by molar-refractivity contribution is -0.119. The van der Waals surface area contributed by atoms with Gasteiger partial charge in [-0.3, -0.25) is 4.79 Å². The summed E-state index contributed by atoms with van der Waals surface area (Å²) >= 11 is 0. The van der Waals surface area contributed by atoms with Crippen LogP contribution < -0.4 is 16.0 Å². The molecule has 112 valence electrons. The van der Waals surface area contributed by atoms with Crippen molar-refractivity contribution in [2.45, 2.75) is 39.7 Å². The molecule has 3 N–H and O–H groups in total. The SMILES string of the molecule is CCCCNC(=O)CN(CCC)c1ccc(CN)cc1. The third kappa shape index (κ3) is 5.61. The molecule has 0 aliphatic carbocycles. The number of nitrogens with one attached hydrogen (secondary N) is 1. The molecule has 0 unspecified atom stereocenters. The summed E-state index contributed by atoms with van der Waals surface area (Å²) in [5.41, 5.74) is 7.79. The minimum Gasteiger partial charge on any atom is -0.362 e. The van der Waals surface area contributed by atoms with Crippen LogP contribution in [0.25, 0.3) is 0 Å². The van der Waals surface area contributed by atoms with Crippen molar-refractivity contribution in [1.82, 2.24) is 5.32 Å².